The van der Waals surface area contributed by atoms with Crippen LogP contribution in [-0.2, 0) is 13.1 Å². The number of amides is 3. The second-order valence-electron chi connectivity index (χ2n) is 8.50. The number of carbonyl (C=O) groups excluding carboxylic acids is 3. The van der Waals surface area contributed by atoms with E-state index in [0.29, 0.717) is 29.8 Å². The molecule has 3 aromatic rings. The number of rotatable bonds is 5. The molecule has 0 spiro atoms. The third kappa shape index (κ3) is 4.30. The van der Waals surface area contributed by atoms with Crippen LogP contribution in [0.2, 0.25) is 0 Å². The van der Waals surface area contributed by atoms with Crippen molar-refractivity contribution in [2.75, 3.05) is 26.2 Å². The molecule has 0 aromatic heterocycles. The lowest BCUT2D eigenvalue weighted by Crippen LogP contribution is -2.48. The summed E-state index contributed by atoms with van der Waals surface area (Å²) in [6.07, 6.45) is 0. The summed E-state index contributed by atoms with van der Waals surface area (Å²) in [5.74, 6) is -0.595. The third-order valence-corrected chi connectivity index (χ3v) is 6.30. The quantitative estimate of drug-likeness (QED) is 0.572. The summed E-state index contributed by atoms with van der Waals surface area (Å²) >= 11 is 0. The van der Waals surface area contributed by atoms with Crippen molar-refractivity contribution >= 4 is 17.7 Å². The molecule has 6 nitrogen and oxygen atoms in total. The summed E-state index contributed by atoms with van der Waals surface area (Å²) in [7, 11) is 0. The summed E-state index contributed by atoms with van der Waals surface area (Å²) in [5.41, 5.74) is 3.49. The van der Waals surface area contributed by atoms with E-state index in [1.807, 2.05) is 35.2 Å². The summed E-state index contributed by atoms with van der Waals surface area (Å²) in [5, 5.41) is 0. The van der Waals surface area contributed by atoms with Gasteiger partial charge in [-0.15, -0.1) is 0 Å². The fraction of sp³-hybridized carbons (Fsp3) is 0.222. The Balaban J connectivity index is 1.22. The van der Waals surface area contributed by atoms with E-state index in [0.717, 1.165) is 25.2 Å². The minimum Gasteiger partial charge on any atom is -0.336 e. The molecular weight excluding hydrogens is 414 g/mol. The molecule has 1 fully saturated rings. The zero-order chi connectivity index (χ0) is 22.8. The van der Waals surface area contributed by atoms with Gasteiger partial charge < -0.3 is 4.90 Å². The number of benzene rings is 3. The van der Waals surface area contributed by atoms with Gasteiger partial charge in [-0.05, 0) is 35.4 Å². The molecule has 2 aliphatic rings. The van der Waals surface area contributed by atoms with Crippen LogP contribution in [-0.4, -0.2) is 58.6 Å². The third-order valence-electron chi connectivity index (χ3n) is 6.30. The summed E-state index contributed by atoms with van der Waals surface area (Å²) in [4.78, 5) is 43.9. The molecule has 3 amide bonds. The molecule has 5 rings (SSSR count). The van der Waals surface area contributed by atoms with Crippen molar-refractivity contribution in [1.29, 1.82) is 0 Å². The van der Waals surface area contributed by atoms with Gasteiger partial charge in [0.15, 0.2) is 0 Å². The van der Waals surface area contributed by atoms with Crippen molar-refractivity contribution in [3.63, 3.8) is 0 Å². The Morgan fingerprint density at radius 3 is 1.94 bits per heavy atom. The van der Waals surface area contributed by atoms with Gasteiger partial charge in [-0.2, -0.15) is 0 Å². The lowest BCUT2D eigenvalue weighted by atomic mass is 10.1. The van der Waals surface area contributed by atoms with Crippen LogP contribution in [0.5, 0.6) is 0 Å². The first kappa shape index (κ1) is 21.1. The molecule has 166 valence electrons. The van der Waals surface area contributed by atoms with E-state index in [9.17, 15) is 14.4 Å². The van der Waals surface area contributed by atoms with Gasteiger partial charge in [-0.3, -0.25) is 24.2 Å². The average Bonchev–Trinajstić information content (AvgIpc) is 3.10. The first-order chi connectivity index (χ1) is 16.1. The molecule has 6 heteroatoms. The van der Waals surface area contributed by atoms with Gasteiger partial charge in [0.1, 0.15) is 0 Å². The Bertz CT molecular complexity index is 1160. The summed E-state index contributed by atoms with van der Waals surface area (Å²) < 4.78 is 0. The fourth-order valence-corrected chi connectivity index (χ4v) is 4.50. The SMILES string of the molecule is O=C(c1cccc(CN2C(=O)c3ccccc3C2=O)c1)N1CCN(Cc2ccccc2)CC1. The Labute approximate surface area is 193 Å². The van der Waals surface area contributed by atoms with Crippen molar-refractivity contribution in [2.24, 2.45) is 0 Å². The first-order valence-electron chi connectivity index (χ1n) is 11.2. The Kier molecular flexibility index (Phi) is 5.75. The van der Waals surface area contributed by atoms with Crippen LogP contribution in [0, 0.1) is 0 Å². The average molecular weight is 440 g/mol. The minimum atomic E-state index is -0.290. The van der Waals surface area contributed by atoms with Gasteiger partial charge in [0, 0.05) is 38.3 Å². The van der Waals surface area contributed by atoms with E-state index in [2.05, 4.69) is 17.0 Å². The van der Waals surface area contributed by atoms with Crippen LogP contribution in [0.4, 0.5) is 0 Å². The molecule has 2 heterocycles. The Hall–Kier alpha value is -3.77. The van der Waals surface area contributed by atoms with E-state index >= 15 is 0 Å². The van der Waals surface area contributed by atoms with Crippen LogP contribution >= 0.6 is 0 Å². The highest BCUT2D eigenvalue weighted by molar-refractivity contribution is 6.21. The second-order valence-corrected chi connectivity index (χ2v) is 8.50. The standard InChI is InChI=1S/C27H25N3O3/c31-25(29-15-13-28(14-16-29)18-20-7-2-1-3-8-20)22-10-6-9-21(17-22)19-30-26(32)23-11-4-5-12-24(23)27(30)33/h1-12,17H,13-16,18-19H2. The lowest BCUT2D eigenvalue weighted by molar-refractivity contribution is 0.0626. The molecule has 0 radical (unpaired) electrons. The first-order valence-corrected chi connectivity index (χ1v) is 11.2. The zero-order valence-electron chi connectivity index (χ0n) is 18.3. The van der Waals surface area contributed by atoms with Crippen LogP contribution in [0.15, 0.2) is 78.9 Å². The Morgan fingerprint density at radius 1 is 0.667 bits per heavy atom. The van der Waals surface area contributed by atoms with Crippen LogP contribution in [0.1, 0.15) is 42.2 Å². The van der Waals surface area contributed by atoms with Crippen LogP contribution in [0.25, 0.3) is 0 Å². The molecule has 0 atom stereocenters. The van der Waals surface area contributed by atoms with Gasteiger partial charge in [0.25, 0.3) is 17.7 Å². The predicted molar refractivity (Wildman–Crippen MR) is 125 cm³/mol. The van der Waals surface area contributed by atoms with Crippen molar-refractivity contribution in [2.45, 2.75) is 13.1 Å². The van der Waals surface area contributed by atoms with Crippen LogP contribution in [0.3, 0.4) is 0 Å². The van der Waals surface area contributed by atoms with E-state index in [1.54, 1.807) is 36.4 Å². The molecular formula is C27H25N3O3. The molecule has 0 bridgehead atoms. The number of imide groups is 1. The molecule has 33 heavy (non-hydrogen) atoms. The number of hydrogen-bond donors (Lipinski definition) is 0. The number of carbonyl (C=O) groups is 3. The maximum absolute atomic E-state index is 13.1. The highest BCUT2D eigenvalue weighted by Crippen LogP contribution is 2.24. The maximum atomic E-state index is 13.1. The largest absolute Gasteiger partial charge is 0.336 e. The minimum absolute atomic E-state index is 0.0152. The predicted octanol–water partition coefficient (Wildman–Crippen LogP) is 3.44. The van der Waals surface area contributed by atoms with Gasteiger partial charge in [-0.1, -0.05) is 54.6 Å². The number of hydrogen-bond acceptors (Lipinski definition) is 4. The summed E-state index contributed by atoms with van der Waals surface area (Å²) in [6, 6.07) is 24.5. The molecule has 0 saturated carbocycles. The second kappa shape index (κ2) is 9.00. The lowest BCUT2D eigenvalue weighted by Gasteiger charge is -2.34. The number of piperazine rings is 1. The molecule has 2 aliphatic heterocycles. The van der Waals surface area contributed by atoms with Gasteiger partial charge in [0.2, 0.25) is 0 Å². The van der Waals surface area contributed by atoms with E-state index in [4.69, 9.17) is 0 Å². The molecule has 1 saturated heterocycles. The van der Waals surface area contributed by atoms with E-state index < -0.39 is 0 Å². The van der Waals surface area contributed by atoms with Crippen molar-refractivity contribution < 1.29 is 14.4 Å². The molecule has 3 aromatic carbocycles. The number of fused-ring (bicyclic) bond motifs is 1. The summed E-state index contributed by atoms with van der Waals surface area (Å²) in [6.45, 7) is 4.05. The van der Waals surface area contributed by atoms with Crippen molar-refractivity contribution in [3.8, 4) is 0 Å². The van der Waals surface area contributed by atoms with Gasteiger partial charge >= 0.3 is 0 Å². The smallest absolute Gasteiger partial charge is 0.261 e. The number of nitrogens with zero attached hydrogens (tertiary/aromatic N) is 3. The maximum Gasteiger partial charge on any atom is 0.261 e. The van der Waals surface area contributed by atoms with Gasteiger partial charge in [-0.25, -0.2) is 0 Å². The topological polar surface area (TPSA) is 60.9 Å². The highest BCUT2D eigenvalue weighted by Gasteiger charge is 2.35. The Morgan fingerprint density at radius 2 is 1.27 bits per heavy atom. The highest BCUT2D eigenvalue weighted by atomic mass is 16.2. The van der Waals surface area contributed by atoms with E-state index in [1.165, 1.54) is 10.5 Å². The van der Waals surface area contributed by atoms with E-state index in [-0.39, 0.29) is 24.3 Å². The normalized spacial score (nSPS) is 16.2. The van der Waals surface area contributed by atoms with Gasteiger partial charge in [0.05, 0.1) is 17.7 Å². The molecule has 0 unspecified atom stereocenters. The molecule has 0 N–H and O–H groups in total. The van der Waals surface area contributed by atoms with Crippen molar-refractivity contribution in [3.05, 3.63) is 107 Å². The van der Waals surface area contributed by atoms with Crippen molar-refractivity contribution in [1.82, 2.24) is 14.7 Å². The fourth-order valence-electron chi connectivity index (χ4n) is 4.50. The van der Waals surface area contributed by atoms with Crippen LogP contribution < -0.4 is 0 Å². The zero-order valence-corrected chi connectivity index (χ0v) is 18.3. The monoisotopic (exact) mass is 439 g/mol. The molecule has 0 aliphatic carbocycles.